The van der Waals surface area contributed by atoms with Crippen LogP contribution in [0.15, 0.2) is 24.3 Å². The number of fused-ring (bicyclic) bond motifs is 3. The van der Waals surface area contributed by atoms with Gasteiger partial charge in [0.15, 0.2) is 0 Å². The van der Waals surface area contributed by atoms with Crippen LogP contribution < -0.4 is 10.6 Å². The SMILES string of the molecule is CC[C@H]1CCc2c(sc3c2C(=O)N[C@H](c2ccc(Cl)cc2)N3)C1. The number of halogens is 1. The Morgan fingerprint density at radius 3 is 2.78 bits per heavy atom. The summed E-state index contributed by atoms with van der Waals surface area (Å²) in [5.74, 6) is 0.809. The van der Waals surface area contributed by atoms with Crippen molar-refractivity contribution < 1.29 is 4.79 Å². The molecule has 5 heteroatoms. The summed E-state index contributed by atoms with van der Waals surface area (Å²) in [5.41, 5.74) is 3.17. The molecule has 2 N–H and O–H groups in total. The number of hydrogen-bond donors (Lipinski definition) is 2. The zero-order valence-electron chi connectivity index (χ0n) is 13.0. The lowest BCUT2D eigenvalue weighted by molar-refractivity contribution is 0.0935. The van der Waals surface area contributed by atoms with Gasteiger partial charge in [0.05, 0.1) is 5.56 Å². The Balaban J connectivity index is 1.66. The smallest absolute Gasteiger partial charge is 0.256 e. The van der Waals surface area contributed by atoms with E-state index in [1.54, 1.807) is 11.3 Å². The number of hydrogen-bond acceptors (Lipinski definition) is 3. The molecule has 2 aliphatic rings. The fourth-order valence-corrected chi connectivity index (χ4v) is 5.05. The molecule has 3 nitrogen and oxygen atoms in total. The predicted octanol–water partition coefficient (Wildman–Crippen LogP) is 4.77. The fraction of sp³-hybridized carbons (Fsp3) is 0.389. The highest BCUT2D eigenvalue weighted by atomic mass is 35.5. The standard InChI is InChI=1S/C18H19ClN2OS/c1-2-10-3-8-13-14(9-10)23-18-15(13)17(22)20-16(21-18)11-4-6-12(19)7-5-11/h4-7,10,16,21H,2-3,8-9H2,1H3,(H,20,22)/t10-,16-/m0/s1. The summed E-state index contributed by atoms with van der Waals surface area (Å²) in [6.07, 6.45) is 4.37. The number of carbonyl (C=O) groups is 1. The average Bonchev–Trinajstić information content (AvgIpc) is 2.93. The summed E-state index contributed by atoms with van der Waals surface area (Å²) >= 11 is 7.71. The lowest BCUT2D eigenvalue weighted by atomic mass is 9.85. The third-order valence-electron chi connectivity index (χ3n) is 4.93. The van der Waals surface area contributed by atoms with Crippen LogP contribution in [0.25, 0.3) is 0 Å². The minimum absolute atomic E-state index is 0.0474. The summed E-state index contributed by atoms with van der Waals surface area (Å²) in [7, 11) is 0. The van der Waals surface area contributed by atoms with Gasteiger partial charge in [-0.2, -0.15) is 0 Å². The number of anilines is 1. The van der Waals surface area contributed by atoms with Crippen molar-refractivity contribution in [2.75, 3.05) is 5.32 Å². The van der Waals surface area contributed by atoms with Gasteiger partial charge in [-0.15, -0.1) is 11.3 Å². The van der Waals surface area contributed by atoms with Crippen LogP contribution in [0.4, 0.5) is 5.00 Å². The summed E-state index contributed by atoms with van der Waals surface area (Å²) in [6, 6.07) is 7.61. The minimum Gasteiger partial charge on any atom is -0.353 e. The van der Waals surface area contributed by atoms with Crippen LogP contribution in [-0.2, 0) is 12.8 Å². The van der Waals surface area contributed by atoms with Gasteiger partial charge in [-0.25, -0.2) is 0 Å². The molecule has 1 aliphatic carbocycles. The maximum atomic E-state index is 12.6. The van der Waals surface area contributed by atoms with Crippen LogP contribution in [0.5, 0.6) is 0 Å². The van der Waals surface area contributed by atoms with Gasteiger partial charge >= 0.3 is 0 Å². The van der Waals surface area contributed by atoms with E-state index in [0.717, 1.165) is 34.9 Å². The first-order valence-electron chi connectivity index (χ1n) is 8.13. The van der Waals surface area contributed by atoms with Gasteiger partial charge in [0.25, 0.3) is 5.91 Å². The molecule has 0 fully saturated rings. The van der Waals surface area contributed by atoms with Crippen molar-refractivity contribution in [2.24, 2.45) is 5.92 Å². The Bertz CT molecular complexity index is 753. The molecule has 2 aromatic rings. The number of carbonyl (C=O) groups excluding carboxylic acids is 1. The molecule has 120 valence electrons. The van der Waals surface area contributed by atoms with Gasteiger partial charge in [-0.05, 0) is 48.4 Å². The maximum Gasteiger partial charge on any atom is 0.256 e. The molecule has 1 aromatic heterocycles. The van der Waals surface area contributed by atoms with Crippen LogP contribution >= 0.6 is 22.9 Å². The first kappa shape index (κ1) is 15.0. The number of rotatable bonds is 2. The van der Waals surface area contributed by atoms with Gasteiger partial charge in [0, 0.05) is 9.90 Å². The predicted molar refractivity (Wildman–Crippen MR) is 95.4 cm³/mol. The van der Waals surface area contributed by atoms with E-state index in [4.69, 9.17) is 11.6 Å². The fourth-order valence-electron chi connectivity index (χ4n) is 3.54. The molecule has 4 rings (SSSR count). The Labute approximate surface area is 145 Å². The summed E-state index contributed by atoms with van der Waals surface area (Å²) in [6.45, 7) is 2.25. The van der Waals surface area contributed by atoms with Gasteiger partial charge in [-0.1, -0.05) is 37.1 Å². The Morgan fingerprint density at radius 2 is 2.04 bits per heavy atom. The normalized spacial score (nSPS) is 22.8. The molecule has 2 atom stereocenters. The third-order valence-corrected chi connectivity index (χ3v) is 6.36. The lowest BCUT2D eigenvalue weighted by Gasteiger charge is -2.27. The second-order valence-corrected chi connectivity index (χ2v) is 7.87. The van der Waals surface area contributed by atoms with Crippen LogP contribution in [-0.4, -0.2) is 5.91 Å². The molecule has 0 spiro atoms. The van der Waals surface area contributed by atoms with Crippen molar-refractivity contribution in [3.63, 3.8) is 0 Å². The van der Waals surface area contributed by atoms with E-state index in [-0.39, 0.29) is 12.1 Å². The molecular formula is C18H19ClN2OS. The van der Waals surface area contributed by atoms with Gasteiger partial charge in [0.2, 0.25) is 0 Å². The highest BCUT2D eigenvalue weighted by molar-refractivity contribution is 7.16. The van der Waals surface area contributed by atoms with E-state index in [9.17, 15) is 4.79 Å². The molecule has 1 amide bonds. The first-order chi connectivity index (χ1) is 11.2. The summed E-state index contributed by atoms with van der Waals surface area (Å²) < 4.78 is 0. The molecule has 2 heterocycles. The number of nitrogens with one attached hydrogen (secondary N) is 2. The second kappa shape index (κ2) is 5.84. The first-order valence-corrected chi connectivity index (χ1v) is 9.32. The topological polar surface area (TPSA) is 41.1 Å². The average molecular weight is 347 g/mol. The molecule has 23 heavy (non-hydrogen) atoms. The van der Waals surface area contributed by atoms with E-state index in [1.807, 2.05) is 24.3 Å². The highest BCUT2D eigenvalue weighted by Gasteiger charge is 2.33. The molecule has 0 radical (unpaired) electrons. The Morgan fingerprint density at radius 1 is 1.26 bits per heavy atom. The number of thiophene rings is 1. The Hall–Kier alpha value is -1.52. The largest absolute Gasteiger partial charge is 0.353 e. The van der Waals surface area contributed by atoms with Gasteiger partial charge < -0.3 is 10.6 Å². The zero-order chi connectivity index (χ0) is 16.0. The van der Waals surface area contributed by atoms with Crippen molar-refractivity contribution in [3.05, 3.63) is 50.9 Å². The van der Waals surface area contributed by atoms with E-state index in [2.05, 4.69) is 17.6 Å². The minimum atomic E-state index is -0.186. The van der Waals surface area contributed by atoms with Crippen molar-refractivity contribution in [1.82, 2.24) is 5.32 Å². The van der Waals surface area contributed by atoms with Crippen LogP contribution in [0.3, 0.4) is 0 Å². The van der Waals surface area contributed by atoms with Crippen LogP contribution in [0.1, 0.15) is 52.3 Å². The van der Waals surface area contributed by atoms with Crippen molar-refractivity contribution in [3.8, 4) is 0 Å². The highest BCUT2D eigenvalue weighted by Crippen LogP contribution is 2.43. The number of benzene rings is 1. The molecule has 1 aromatic carbocycles. The lowest BCUT2D eigenvalue weighted by Crippen LogP contribution is -2.38. The van der Waals surface area contributed by atoms with Crippen LogP contribution in [0.2, 0.25) is 5.02 Å². The zero-order valence-corrected chi connectivity index (χ0v) is 14.6. The summed E-state index contributed by atoms with van der Waals surface area (Å²) in [5, 5.41) is 8.31. The molecular weight excluding hydrogens is 328 g/mol. The van der Waals surface area contributed by atoms with Gasteiger partial charge in [0.1, 0.15) is 11.2 Å². The van der Waals surface area contributed by atoms with Gasteiger partial charge in [-0.3, -0.25) is 4.79 Å². The van der Waals surface area contributed by atoms with E-state index >= 15 is 0 Å². The van der Waals surface area contributed by atoms with Crippen molar-refractivity contribution in [2.45, 2.75) is 38.8 Å². The summed E-state index contributed by atoms with van der Waals surface area (Å²) in [4.78, 5) is 14.0. The van der Waals surface area contributed by atoms with Crippen molar-refractivity contribution >= 4 is 33.8 Å². The van der Waals surface area contributed by atoms with E-state index in [1.165, 1.54) is 23.3 Å². The molecule has 1 aliphatic heterocycles. The van der Waals surface area contributed by atoms with Crippen molar-refractivity contribution in [1.29, 1.82) is 0 Å². The van der Waals surface area contributed by atoms with E-state index in [0.29, 0.717) is 5.02 Å². The quantitative estimate of drug-likeness (QED) is 0.822. The third kappa shape index (κ3) is 2.64. The molecule has 0 saturated carbocycles. The molecule has 0 unspecified atom stereocenters. The van der Waals surface area contributed by atoms with E-state index < -0.39 is 0 Å². The molecule has 0 bridgehead atoms. The maximum absolute atomic E-state index is 12.6. The number of amides is 1. The Kier molecular flexibility index (Phi) is 3.82. The second-order valence-electron chi connectivity index (χ2n) is 6.33. The van der Waals surface area contributed by atoms with Crippen LogP contribution in [0, 0.1) is 5.92 Å². The molecule has 0 saturated heterocycles. The monoisotopic (exact) mass is 346 g/mol.